The molecule has 0 aliphatic carbocycles. The molecule has 0 aromatic rings. The Balaban J connectivity index is 2.41. The molecule has 0 saturated heterocycles. The second kappa shape index (κ2) is 4.10. The van der Waals surface area contributed by atoms with Crippen LogP contribution in [-0.2, 0) is 14.6 Å². The third-order valence-electron chi connectivity index (χ3n) is 1.78. The molecule has 1 aliphatic heterocycles. The van der Waals surface area contributed by atoms with Crippen molar-refractivity contribution in [2.75, 3.05) is 5.75 Å². The van der Waals surface area contributed by atoms with E-state index in [1.165, 1.54) is 6.08 Å². The van der Waals surface area contributed by atoms with Gasteiger partial charge in [0.25, 0.3) is 0 Å². The zero-order valence-corrected chi connectivity index (χ0v) is 8.75. The summed E-state index contributed by atoms with van der Waals surface area (Å²) in [5.41, 5.74) is 5.42. The molecule has 0 spiro atoms. The van der Waals surface area contributed by atoms with Crippen LogP contribution in [0.2, 0.25) is 0 Å². The normalized spacial score (nSPS) is 26.0. The summed E-state index contributed by atoms with van der Waals surface area (Å²) in [6.45, 7) is 1.72. The summed E-state index contributed by atoms with van der Waals surface area (Å²) in [5.74, 6) is -0.260. The van der Waals surface area contributed by atoms with E-state index >= 15 is 0 Å². The summed E-state index contributed by atoms with van der Waals surface area (Å²) in [7, 11) is -3.10. The largest absolute Gasteiger partial charge is 0.349 e. The van der Waals surface area contributed by atoms with Gasteiger partial charge < -0.3 is 11.1 Å². The van der Waals surface area contributed by atoms with E-state index in [0.29, 0.717) is 0 Å². The maximum Gasteiger partial charge on any atom is 0.222 e. The van der Waals surface area contributed by atoms with Crippen molar-refractivity contribution in [3.05, 3.63) is 11.5 Å². The molecule has 3 N–H and O–H groups in total. The van der Waals surface area contributed by atoms with E-state index in [4.69, 9.17) is 5.73 Å². The highest BCUT2D eigenvalue weighted by molar-refractivity contribution is 7.94. The van der Waals surface area contributed by atoms with Gasteiger partial charge in [-0.3, -0.25) is 4.79 Å². The first-order valence-corrected chi connectivity index (χ1v) is 6.06. The molecule has 1 rings (SSSR count). The smallest absolute Gasteiger partial charge is 0.222 e. The Kier molecular flexibility index (Phi) is 3.28. The lowest BCUT2D eigenvalue weighted by Gasteiger charge is -2.10. The maximum atomic E-state index is 11.2. The van der Waals surface area contributed by atoms with Gasteiger partial charge in [0, 0.05) is 17.9 Å². The number of nitrogens with one attached hydrogen (secondary N) is 1. The van der Waals surface area contributed by atoms with Crippen molar-refractivity contribution >= 4 is 15.7 Å². The maximum absolute atomic E-state index is 11.2. The van der Waals surface area contributed by atoms with Gasteiger partial charge >= 0.3 is 0 Å². The number of sulfone groups is 1. The number of nitrogens with two attached hydrogens (primary N) is 1. The average Bonchev–Trinajstić information content (AvgIpc) is 2.27. The Bertz CT molecular complexity index is 346. The molecule has 0 aromatic carbocycles. The van der Waals surface area contributed by atoms with Crippen LogP contribution in [0.3, 0.4) is 0 Å². The van der Waals surface area contributed by atoms with E-state index in [1.807, 2.05) is 0 Å². The average molecular weight is 218 g/mol. The molecule has 0 saturated carbocycles. The van der Waals surface area contributed by atoms with Gasteiger partial charge in [0.05, 0.1) is 11.8 Å². The van der Waals surface area contributed by atoms with Crippen LogP contribution in [0.25, 0.3) is 0 Å². The molecule has 14 heavy (non-hydrogen) atoms. The second-order valence-electron chi connectivity index (χ2n) is 3.51. The van der Waals surface area contributed by atoms with E-state index < -0.39 is 15.9 Å². The second-order valence-corrected chi connectivity index (χ2v) is 5.44. The van der Waals surface area contributed by atoms with E-state index in [1.54, 1.807) is 6.92 Å². The fraction of sp³-hybridized carbons (Fsp3) is 0.625. The minimum Gasteiger partial charge on any atom is -0.349 e. The lowest BCUT2D eigenvalue weighted by molar-refractivity contribution is -0.121. The van der Waals surface area contributed by atoms with Crippen LogP contribution in [0, 0.1) is 0 Å². The highest BCUT2D eigenvalue weighted by Gasteiger charge is 2.22. The summed E-state index contributed by atoms with van der Waals surface area (Å²) in [4.78, 5) is 11.2. The van der Waals surface area contributed by atoms with Crippen LogP contribution < -0.4 is 11.1 Å². The van der Waals surface area contributed by atoms with Crippen molar-refractivity contribution < 1.29 is 13.2 Å². The third-order valence-corrected chi connectivity index (χ3v) is 3.18. The molecule has 0 fully saturated rings. The van der Waals surface area contributed by atoms with Gasteiger partial charge in [0.1, 0.15) is 0 Å². The van der Waals surface area contributed by atoms with Crippen LogP contribution in [-0.4, -0.2) is 32.2 Å². The Morgan fingerprint density at radius 1 is 1.71 bits per heavy atom. The SMILES string of the molecule is CC(N)CC(=O)NC1C=CS(=O)(=O)C1. The van der Waals surface area contributed by atoms with Crippen molar-refractivity contribution in [3.63, 3.8) is 0 Å². The van der Waals surface area contributed by atoms with Gasteiger partial charge in [-0.05, 0) is 13.0 Å². The molecular weight excluding hydrogens is 204 g/mol. The number of hydrogen-bond acceptors (Lipinski definition) is 4. The molecule has 1 amide bonds. The quantitative estimate of drug-likeness (QED) is 0.645. The molecule has 0 radical (unpaired) electrons. The molecule has 80 valence electrons. The summed E-state index contributed by atoms with van der Waals surface area (Å²) in [5, 5.41) is 3.71. The van der Waals surface area contributed by atoms with Crippen molar-refractivity contribution in [3.8, 4) is 0 Å². The molecular formula is C8H14N2O3S. The van der Waals surface area contributed by atoms with Crippen molar-refractivity contribution in [2.45, 2.75) is 25.4 Å². The Hall–Kier alpha value is -0.880. The first-order chi connectivity index (χ1) is 6.39. The highest BCUT2D eigenvalue weighted by Crippen LogP contribution is 2.07. The minimum atomic E-state index is -3.10. The fourth-order valence-corrected chi connectivity index (χ4v) is 2.46. The Labute approximate surface area is 83.3 Å². The van der Waals surface area contributed by atoms with Gasteiger partial charge in [-0.2, -0.15) is 0 Å². The fourth-order valence-electron chi connectivity index (χ4n) is 1.22. The van der Waals surface area contributed by atoms with Crippen LogP contribution in [0.4, 0.5) is 0 Å². The molecule has 2 unspecified atom stereocenters. The van der Waals surface area contributed by atoms with Gasteiger partial charge in [0.2, 0.25) is 5.91 Å². The molecule has 0 bridgehead atoms. The topological polar surface area (TPSA) is 89.3 Å². The lowest BCUT2D eigenvalue weighted by Crippen LogP contribution is -2.38. The van der Waals surface area contributed by atoms with Crippen molar-refractivity contribution in [1.29, 1.82) is 0 Å². The molecule has 6 heteroatoms. The van der Waals surface area contributed by atoms with E-state index in [-0.39, 0.29) is 24.1 Å². The predicted molar refractivity (Wildman–Crippen MR) is 53.1 cm³/mol. The van der Waals surface area contributed by atoms with E-state index in [0.717, 1.165) is 5.41 Å². The minimum absolute atomic E-state index is 0.0440. The van der Waals surface area contributed by atoms with Gasteiger partial charge in [-0.1, -0.05) is 0 Å². The van der Waals surface area contributed by atoms with E-state index in [2.05, 4.69) is 5.32 Å². The number of carbonyl (C=O) groups excluding carboxylic acids is 1. The summed E-state index contributed by atoms with van der Waals surface area (Å²) >= 11 is 0. The monoisotopic (exact) mass is 218 g/mol. The molecule has 0 aromatic heterocycles. The van der Waals surface area contributed by atoms with Crippen LogP contribution in [0.15, 0.2) is 11.5 Å². The summed E-state index contributed by atoms with van der Waals surface area (Å²) in [6.07, 6.45) is 1.69. The lowest BCUT2D eigenvalue weighted by atomic mass is 10.2. The summed E-state index contributed by atoms with van der Waals surface area (Å²) < 4.78 is 22.0. The highest BCUT2D eigenvalue weighted by atomic mass is 32.2. The molecule has 1 heterocycles. The zero-order chi connectivity index (χ0) is 10.8. The van der Waals surface area contributed by atoms with Crippen molar-refractivity contribution in [2.24, 2.45) is 5.73 Å². The van der Waals surface area contributed by atoms with Crippen molar-refractivity contribution in [1.82, 2.24) is 5.32 Å². The van der Waals surface area contributed by atoms with Crippen LogP contribution in [0.1, 0.15) is 13.3 Å². The zero-order valence-electron chi connectivity index (χ0n) is 7.93. The standard InChI is InChI=1S/C8H14N2O3S/c1-6(9)4-8(11)10-7-2-3-14(12,13)5-7/h2-3,6-7H,4-5,9H2,1H3,(H,10,11). The predicted octanol–water partition coefficient (Wildman–Crippen LogP) is -0.849. The third kappa shape index (κ3) is 3.47. The summed E-state index contributed by atoms with van der Waals surface area (Å²) in [6, 6.07) is -0.608. The number of hydrogen-bond donors (Lipinski definition) is 2. The molecule has 2 atom stereocenters. The number of rotatable bonds is 3. The first-order valence-electron chi connectivity index (χ1n) is 4.35. The van der Waals surface area contributed by atoms with Gasteiger partial charge in [-0.15, -0.1) is 0 Å². The number of carbonyl (C=O) groups is 1. The van der Waals surface area contributed by atoms with Gasteiger partial charge in [-0.25, -0.2) is 8.42 Å². The molecule has 5 nitrogen and oxygen atoms in total. The first kappa shape index (κ1) is 11.2. The Morgan fingerprint density at radius 3 is 2.79 bits per heavy atom. The Morgan fingerprint density at radius 2 is 2.36 bits per heavy atom. The number of amides is 1. The molecule has 1 aliphatic rings. The van der Waals surface area contributed by atoms with E-state index in [9.17, 15) is 13.2 Å². The van der Waals surface area contributed by atoms with Crippen LogP contribution >= 0.6 is 0 Å². The van der Waals surface area contributed by atoms with Gasteiger partial charge in [0.15, 0.2) is 9.84 Å². The van der Waals surface area contributed by atoms with Crippen LogP contribution in [0.5, 0.6) is 0 Å².